The molecule has 0 fully saturated rings. The summed E-state index contributed by atoms with van der Waals surface area (Å²) in [6.07, 6.45) is 0. The van der Waals surface area contributed by atoms with Crippen molar-refractivity contribution in [1.29, 1.82) is 0 Å². The molecule has 1 aromatic carbocycles. The first-order valence-corrected chi connectivity index (χ1v) is 5.02. The molecule has 0 atom stereocenters. The summed E-state index contributed by atoms with van der Waals surface area (Å²) >= 11 is 5.55. The smallest absolute Gasteiger partial charge is 0.231 e. The lowest BCUT2D eigenvalue weighted by atomic mass is 10.1. The van der Waals surface area contributed by atoms with Crippen LogP contribution in [-0.4, -0.2) is 5.78 Å². The van der Waals surface area contributed by atoms with Gasteiger partial charge in [-0.15, -0.1) is 0 Å². The summed E-state index contributed by atoms with van der Waals surface area (Å²) < 4.78 is 18.4. The van der Waals surface area contributed by atoms with Gasteiger partial charge >= 0.3 is 0 Å². The number of aryl methyl sites for hydroxylation is 1. The fourth-order valence-electron chi connectivity index (χ4n) is 1.38. The Morgan fingerprint density at radius 3 is 2.69 bits per heavy atom. The highest BCUT2D eigenvalue weighted by atomic mass is 35.5. The number of carbonyl (C=O) groups is 1. The standard InChI is InChI=1S/C12H8ClFO2/c1-7-2-3-9(14)8(6-7)12(15)10-4-5-11(13)16-10/h2-6H,1H3. The van der Waals surface area contributed by atoms with Crippen molar-refractivity contribution in [2.24, 2.45) is 0 Å². The first-order valence-electron chi connectivity index (χ1n) is 4.64. The largest absolute Gasteiger partial charge is 0.441 e. The fourth-order valence-corrected chi connectivity index (χ4v) is 1.53. The molecule has 1 aromatic heterocycles. The van der Waals surface area contributed by atoms with Crippen LogP contribution in [0, 0.1) is 12.7 Å². The second-order valence-electron chi connectivity index (χ2n) is 3.42. The normalized spacial score (nSPS) is 10.4. The Bertz CT molecular complexity index is 546. The third-order valence-corrected chi connectivity index (χ3v) is 2.37. The number of halogens is 2. The summed E-state index contributed by atoms with van der Waals surface area (Å²) in [6, 6.07) is 7.21. The van der Waals surface area contributed by atoms with Crippen LogP contribution in [0.1, 0.15) is 21.7 Å². The Hall–Kier alpha value is -1.61. The maximum atomic E-state index is 13.4. The molecule has 0 aliphatic heterocycles. The van der Waals surface area contributed by atoms with Gasteiger partial charge in [0.05, 0.1) is 5.56 Å². The molecule has 0 amide bonds. The first kappa shape index (κ1) is 10.9. The molecular weight excluding hydrogens is 231 g/mol. The van der Waals surface area contributed by atoms with Crippen molar-refractivity contribution in [2.75, 3.05) is 0 Å². The van der Waals surface area contributed by atoms with E-state index in [0.717, 1.165) is 5.56 Å². The number of benzene rings is 1. The molecule has 2 aromatic rings. The van der Waals surface area contributed by atoms with Gasteiger partial charge in [-0.1, -0.05) is 11.6 Å². The van der Waals surface area contributed by atoms with E-state index in [1.165, 1.54) is 24.3 Å². The Balaban J connectivity index is 2.45. The molecule has 0 aliphatic rings. The van der Waals surface area contributed by atoms with Crippen LogP contribution >= 0.6 is 11.6 Å². The zero-order valence-electron chi connectivity index (χ0n) is 8.46. The van der Waals surface area contributed by atoms with Crippen molar-refractivity contribution in [3.05, 3.63) is 58.3 Å². The Labute approximate surface area is 96.6 Å². The summed E-state index contributed by atoms with van der Waals surface area (Å²) in [6.45, 7) is 1.78. The molecule has 82 valence electrons. The highest BCUT2D eigenvalue weighted by Gasteiger charge is 2.17. The van der Waals surface area contributed by atoms with Gasteiger partial charge in [-0.25, -0.2) is 4.39 Å². The lowest BCUT2D eigenvalue weighted by Gasteiger charge is -2.01. The molecule has 2 rings (SSSR count). The Morgan fingerprint density at radius 1 is 1.31 bits per heavy atom. The van der Waals surface area contributed by atoms with Crippen molar-refractivity contribution < 1.29 is 13.6 Å². The molecule has 16 heavy (non-hydrogen) atoms. The van der Waals surface area contributed by atoms with E-state index in [4.69, 9.17) is 16.0 Å². The van der Waals surface area contributed by atoms with Gasteiger partial charge in [-0.05, 0) is 42.8 Å². The highest BCUT2D eigenvalue weighted by molar-refractivity contribution is 6.29. The van der Waals surface area contributed by atoms with Gasteiger partial charge in [-0.2, -0.15) is 0 Å². The number of ketones is 1. The van der Waals surface area contributed by atoms with Gasteiger partial charge in [0.2, 0.25) is 5.78 Å². The van der Waals surface area contributed by atoms with E-state index in [1.54, 1.807) is 13.0 Å². The predicted molar refractivity (Wildman–Crippen MR) is 58.3 cm³/mol. The zero-order valence-corrected chi connectivity index (χ0v) is 9.22. The maximum absolute atomic E-state index is 13.4. The quantitative estimate of drug-likeness (QED) is 0.748. The van der Waals surface area contributed by atoms with Crippen LogP contribution in [0.3, 0.4) is 0 Å². The maximum Gasteiger partial charge on any atom is 0.231 e. The van der Waals surface area contributed by atoms with Crippen molar-refractivity contribution in [3.8, 4) is 0 Å². The predicted octanol–water partition coefficient (Wildman–Crippen LogP) is 3.61. The summed E-state index contributed by atoms with van der Waals surface area (Å²) in [5.41, 5.74) is 0.799. The molecule has 0 saturated carbocycles. The first-order chi connectivity index (χ1) is 7.58. The Kier molecular flexibility index (Phi) is 2.79. The van der Waals surface area contributed by atoms with Gasteiger partial charge in [0.25, 0.3) is 0 Å². The van der Waals surface area contributed by atoms with Crippen LogP contribution in [0.5, 0.6) is 0 Å². The van der Waals surface area contributed by atoms with Crippen LogP contribution < -0.4 is 0 Å². The molecule has 0 N–H and O–H groups in total. The molecule has 0 radical (unpaired) electrons. The second kappa shape index (κ2) is 4.10. The number of rotatable bonds is 2. The van der Waals surface area contributed by atoms with Crippen LogP contribution in [0.4, 0.5) is 4.39 Å². The number of furan rings is 1. The summed E-state index contributed by atoms with van der Waals surface area (Å²) in [5.74, 6) is -1.04. The number of carbonyl (C=O) groups excluding carboxylic acids is 1. The minimum atomic E-state index is -0.567. The van der Waals surface area contributed by atoms with E-state index in [2.05, 4.69) is 0 Å². The van der Waals surface area contributed by atoms with Crippen LogP contribution in [-0.2, 0) is 0 Å². The van der Waals surface area contributed by atoms with Gasteiger partial charge in [0, 0.05) is 0 Å². The van der Waals surface area contributed by atoms with E-state index < -0.39 is 11.6 Å². The van der Waals surface area contributed by atoms with Gasteiger partial charge in [0.1, 0.15) is 5.82 Å². The van der Waals surface area contributed by atoms with Gasteiger partial charge in [0.15, 0.2) is 11.0 Å². The minimum absolute atomic E-state index is 0.00832. The third-order valence-electron chi connectivity index (χ3n) is 2.16. The summed E-state index contributed by atoms with van der Waals surface area (Å²) in [4.78, 5) is 11.8. The molecular formula is C12H8ClFO2. The van der Waals surface area contributed by atoms with E-state index >= 15 is 0 Å². The number of hydrogen-bond acceptors (Lipinski definition) is 2. The average molecular weight is 239 g/mol. The van der Waals surface area contributed by atoms with Gasteiger partial charge in [-0.3, -0.25) is 4.79 Å². The van der Waals surface area contributed by atoms with Crippen molar-refractivity contribution in [1.82, 2.24) is 0 Å². The lowest BCUT2D eigenvalue weighted by Crippen LogP contribution is -2.03. The van der Waals surface area contributed by atoms with E-state index in [9.17, 15) is 9.18 Å². The van der Waals surface area contributed by atoms with Crippen LogP contribution in [0.2, 0.25) is 5.22 Å². The van der Waals surface area contributed by atoms with Crippen molar-refractivity contribution >= 4 is 17.4 Å². The minimum Gasteiger partial charge on any atom is -0.441 e. The average Bonchev–Trinajstić information content (AvgIpc) is 2.67. The molecule has 1 heterocycles. The second-order valence-corrected chi connectivity index (χ2v) is 3.79. The number of hydrogen-bond donors (Lipinski definition) is 0. The SMILES string of the molecule is Cc1ccc(F)c(C(=O)c2ccc(Cl)o2)c1. The van der Waals surface area contributed by atoms with Gasteiger partial charge < -0.3 is 4.42 Å². The molecule has 0 aliphatic carbocycles. The fraction of sp³-hybridized carbons (Fsp3) is 0.0833. The third kappa shape index (κ3) is 1.99. The lowest BCUT2D eigenvalue weighted by molar-refractivity contribution is 0.101. The van der Waals surface area contributed by atoms with E-state index in [0.29, 0.717) is 0 Å². The Morgan fingerprint density at radius 2 is 2.06 bits per heavy atom. The van der Waals surface area contributed by atoms with Crippen molar-refractivity contribution in [3.63, 3.8) is 0 Å². The van der Waals surface area contributed by atoms with Crippen LogP contribution in [0.15, 0.2) is 34.7 Å². The van der Waals surface area contributed by atoms with Crippen molar-refractivity contribution in [2.45, 2.75) is 6.92 Å². The summed E-state index contributed by atoms with van der Waals surface area (Å²) in [5, 5.41) is 0.108. The molecule has 4 heteroatoms. The summed E-state index contributed by atoms with van der Waals surface area (Å²) in [7, 11) is 0. The van der Waals surface area contributed by atoms with E-state index in [1.807, 2.05) is 0 Å². The molecule has 0 bridgehead atoms. The zero-order chi connectivity index (χ0) is 11.7. The molecule has 0 saturated heterocycles. The highest BCUT2D eigenvalue weighted by Crippen LogP contribution is 2.19. The monoisotopic (exact) mass is 238 g/mol. The molecule has 2 nitrogen and oxygen atoms in total. The molecule has 0 spiro atoms. The topological polar surface area (TPSA) is 30.2 Å². The van der Waals surface area contributed by atoms with E-state index in [-0.39, 0.29) is 16.5 Å². The molecule has 0 unspecified atom stereocenters. The van der Waals surface area contributed by atoms with Crippen LogP contribution in [0.25, 0.3) is 0 Å².